The molecule has 1 aromatic rings. The fourth-order valence-corrected chi connectivity index (χ4v) is 1.18. The van der Waals surface area contributed by atoms with Crippen LogP contribution in [0, 0.1) is 5.92 Å². The van der Waals surface area contributed by atoms with Gasteiger partial charge in [0.1, 0.15) is 6.33 Å². The summed E-state index contributed by atoms with van der Waals surface area (Å²) < 4.78 is 6.76. The third-order valence-electron chi connectivity index (χ3n) is 1.94. The number of nitrogens with one attached hydrogen (secondary N) is 1. The van der Waals surface area contributed by atoms with Crippen molar-refractivity contribution in [2.45, 2.75) is 26.9 Å². The summed E-state index contributed by atoms with van der Waals surface area (Å²) in [6.45, 7) is 7.51. The first-order chi connectivity index (χ1) is 7.22. The van der Waals surface area contributed by atoms with E-state index >= 15 is 0 Å². The van der Waals surface area contributed by atoms with Gasteiger partial charge in [0.2, 0.25) is 0 Å². The molecule has 5 heteroatoms. The maximum atomic E-state index is 4.96. The molecular formula is C10H20N4O. The van der Waals surface area contributed by atoms with E-state index < -0.39 is 0 Å². The zero-order valence-electron chi connectivity index (χ0n) is 9.73. The second-order valence-corrected chi connectivity index (χ2v) is 3.94. The van der Waals surface area contributed by atoms with Gasteiger partial charge in [-0.2, -0.15) is 5.10 Å². The van der Waals surface area contributed by atoms with Gasteiger partial charge in [-0.05, 0) is 12.5 Å². The van der Waals surface area contributed by atoms with E-state index in [4.69, 9.17) is 4.74 Å². The van der Waals surface area contributed by atoms with Gasteiger partial charge in [0.05, 0.1) is 19.7 Å². The Morgan fingerprint density at radius 3 is 3.00 bits per heavy atom. The highest BCUT2D eigenvalue weighted by Crippen LogP contribution is 1.92. The first-order valence-corrected chi connectivity index (χ1v) is 5.30. The molecule has 0 aliphatic carbocycles. The van der Waals surface area contributed by atoms with Crippen LogP contribution in [0.1, 0.15) is 19.7 Å². The Labute approximate surface area is 90.8 Å². The quantitative estimate of drug-likeness (QED) is 0.722. The van der Waals surface area contributed by atoms with Crippen LogP contribution in [-0.2, 0) is 17.8 Å². The average Bonchev–Trinajstić information content (AvgIpc) is 2.62. The summed E-state index contributed by atoms with van der Waals surface area (Å²) in [4.78, 5) is 4.20. The lowest BCUT2D eigenvalue weighted by molar-refractivity contribution is 0.183. The van der Waals surface area contributed by atoms with Crippen molar-refractivity contribution in [1.29, 1.82) is 0 Å². The molecule has 0 amide bonds. The summed E-state index contributed by atoms with van der Waals surface area (Å²) in [5, 5.41) is 7.61. The summed E-state index contributed by atoms with van der Waals surface area (Å²) in [5.41, 5.74) is 0. The standard InChI is InChI=1S/C10H20N4O/c1-9(2)6-11-7-10-12-8-14(13-10)4-5-15-3/h8-9,11H,4-7H2,1-3H3. The Bertz CT molecular complexity index is 272. The van der Waals surface area contributed by atoms with E-state index in [1.54, 1.807) is 18.1 Å². The third-order valence-corrected chi connectivity index (χ3v) is 1.94. The van der Waals surface area contributed by atoms with E-state index in [0.29, 0.717) is 12.5 Å². The number of methoxy groups -OCH3 is 1. The lowest BCUT2D eigenvalue weighted by Crippen LogP contribution is -2.20. The summed E-state index contributed by atoms with van der Waals surface area (Å²) in [5.74, 6) is 1.49. The lowest BCUT2D eigenvalue weighted by Gasteiger charge is -2.04. The molecule has 0 aromatic carbocycles. The van der Waals surface area contributed by atoms with Crippen molar-refractivity contribution < 1.29 is 4.74 Å². The van der Waals surface area contributed by atoms with E-state index in [1.165, 1.54) is 0 Å². The summed E-state index contributed by atoms with van der Waals surface area (Å²) in [6.07, 6.45) is 1.74. The number of aromatic nitrogens is 3. The lowest BCUT2D eigenvalue weighted by atomic mass is 10.2. The Morgan fingerprint density at radius 1 is 1.53 bits per heavy atom. The molecule has 86 valence electrons. The number of rotatable bonds is 7. The molecule has 1 rings (SSSR count). The Hall–Kier alpha value is -0.940. The SMILES string of the molecule is COCCn1cnc(CNCC(C)C)n1. The van der Waals surface area contributed by atoms with Crippen LogP contribution in [0.2, 0.25) is 0 Å². The van der Waals surface area contributed by atoms with Gasteiger partial charge in [0.15, 0.2) is 5.82 Å². The first-order valence-electron chi connectivity index (χ1n) is 5.30. The highest BCUT2D eigenvalue weighted by Gasteiger charge is 2.00. The van der Waals surface area contributed by atoms with Crippen LogP contribution in [0.15, 0.2) is 6.33 Å². The van der Waals surface area contributed by atoms with Gasteiger partial charge in [-0.25, -0.2) is 4.98 Å². The van der Waals surface area contributed by atoms with E-state index in [9.17, 15) is 0 Å². The molecule has 5 nitrogen and oxygen atoms in total. The number of ether oxygens (including phenoxy) is 1. The van der Waals surface area contributed by atoms with Crippen LogP contribution < -0.4 is 5.32 Å². The minimum Gasteiger partial charge on any atom is -0.383 e. The summed E-state index contributed by atoms with van der Waals surface area (Å²) in [7, 11) is 1.68. The van der Waals surface area contributed by atoms with E-state index in [1.807, 2.05) is 0 Å². The topological polar surface area (TPSA) is 52.0 Å². The molecule has 0 radical (unpaired) electrons. The second-order valence-electron chi connectivity index (χ2n) is 3.94. The molecule has 0 aliphatic rings. The van der Waals surface area contributed by atoms with Gasteiger partial charge in [-0.15, -0.1) is 0 Å². The molecule has 0 saturated heterocycles. The van der Waals surface area contributed by atoms with Crippen LogP contribution >= 0.6 is 0 Å². The molecule has 0 spiro atoms. The number of hydrogen-bond donors (Lipinski definition) is 1. The minimum absolute atomic E-state index is 0.653. The molecule has 0 unspecified atom stereocenters. The maximum Gasteiger partial charge on any atom is 0.164 e. The van der Waals surface area contributed by atoms with Crippen LogP contribution in [0.5, 0.6) is 0 Å². The molecule has 0 atom stereocenters. The van der Waals surface area contributed by atoms with Gasteiger partial charge in [-0.1, -0.05) is 13.8 Å². The molecule has 0 saturated carbocycles. The highest BCUT2D eigenvalue weighted by atomic mass is 16.5. The van der Waals surface area contributed by atoms with E-state index in [-0.39, 0.29) is 0 Å². The molecule has 15 heavy (non-hydrogen) atoms. The van der Waals surface area contributed by atoms with Crippen molar-refractivity contribution in [2.24, 2.45) is 5.92 Å². The molecule has 1 heterocycles. The second kappa shape index (κ2) is 6.53. The zero-order chi connectivity index (χ0) is 11.1. The normalized spacial score (nSPS) is 11.2. The molecule has 1 N–H and O–H groups in total. The van der Waals surface area contributed by atoms with Gasteiger partial charge in [0, 0.05) is 7.11 Å². The predicted molar refractivity (Wildman–Crippen MR) is 58.4 cm³/mol. The van der Waals surface area contributed by atoms with Crippen molar-refractivity contribution >= 4 is 0 Å². The average molecular weight is 212 g/mol. The molecule has 0 bridgehead atoms. The van der Waals surface area contributed by atoms with Crippen LogP contribution in [0.4, 0.5) is 0 Å². The van der Waals surface area contributed by atoms with Crippen LogP contribution in [-0.4, -0.2) is 35.0 Å². The first kappa shape index (κ1) is 12.1. The largest absolute Gasteiger partial charge is 0.383 e. The van der Waals surface area contributed by atoms with Gasteiger partial charge in [-0.3, -0.25) is 4.68 Å². The molecular weight excluding hydrogens is 192 g/mol. The fourth-order valence-electron chi connectivity index (χ4n) is 1.18. The Kier molecular flexibility index (Phi) is 5.28. The molecule has 1 aromatic heterocycles. The van der Waals surface area contributed by atoms with Gasteiger partial charge >= 0.3 is 0 Å². The minimum atomic E-state index is 0.653. The van der Waals surface area contributed by atoms with Crippen LogP contribution in [0.25, 0.3) is 0 Å². The molecule has 0 aliphatic heterocycles. The highest BCUT2D eigenvalue weighted by molar-refractivity contribution is 4.80. The fraction of sp³-hybridized carbons (Fsp3) is 0.800. The van der Waals surface area contributed by atoms with E-state index in [2.05, 4.69) is 29.2 Å². The van der Waals surface area contributed by atoms with E-state index in [0.717, 1.165) is 25.5 Å². The van der Waals surface area contributed by atoms with Crippen LogP contribution in [0.3, 0.4) is 0 Å². The van der Waals surface area contributed by atoms with Gasteiger partial charge < -0.3 is 10.1 Å². The Balaban J connectivity index is 2.26. The van der Waals surface area contributed by atoms with Crippen molar-refractivity contribution in [3.63, 3.8) is 0 Å². The van der Waals surface area contributed by atoms with Crippen molar-refractivity contribution in [2.75, 3.05) is 20.3 Å². The zero-order valence-corrected chi connectivity index (χ0v) is 9.73. The number of nitrogens with zero attached hydrogens (tertiary/aromatic N) is 3. The number of hydrogen-bond acceptors (Lipinski definition) is 4. The molecule has 0 fully saturated rings. The van der Waals surface area contributed by atoms with Crippen molar-refractivity contribution in [3.8, 4) is 0 Å². The van der Waals surface area contributed by atoms with Gasteiger partial charge in [0.25, 0.3) is 0 Å². The summed E-state index contributed by atoms with van der Waals surface area (Å²) in [6, 6.07) is 0. The van der Waals surface area contributed by atoms with Crippen molar-refractivity contribution in [1.82, 2.24) is 20.1 Å². The predicted octanol–water partition coefficient (Wildman–Crippen LogP) is 0.670. The van der Waals surface area contributed by atoms with Crippen molar-refractivity contribution in [3.05, 3.63) is 12.2 Å². The smallest absolute Gasteiger partial charge is 0.164 e. The monoisotopic (exact) mass is 212 g/mol. The maximum absolute atomic E-state index is 4.96. The summed E-state index contributed by atoms with van der Waals surface area (Å²) >= 11 is 0. The third kappa shape index (κ3) is 4.90. The Morgan fingerprint density at radius 2 is 2.33 bits per heavy atom.